The minimum atomic E-state index is 0.00914. The van der Waals surface area contributed by atoms with Gasteiger partial charge in [0.1, 0.15) is 11.5 Å². The van der Waals surface area contributed by atoms with Gasteiger partial charge in [-0.2, -0.15) is 0 Å². The Kier molecular flexibility index (Phi) is 4.91. The minimum absolute atomic E-state index is 0.00914. The van der Waals surface area contributed by atoms with E-state index < -0.39 is 0 Å². The van der Waals surface area contributed by atoms with Crippen molar-refractivity contribution in [1.29, 1.82) is 0 Å². The predicted octanol–water partition coefficient (Wildman–Crippen LogP) is 5.14. The summed E-state index contributed by atoms with van der Waals surface area (Å²) in [6.07, 6.45) is 0.147. The molecule has 0 radical (unpaired) electrons. The lowest BCUT2D eigenvalue weighted by Gasteiger charge is -2.13. The van der Waals surface area contributed by atoms with Crippen LogP contribution in [0.25, 0.3) is 10.9 Å². The maximum Gasteiger partial charge on any atom is 0.219 e. The molecule has 1 aromatic heterocycles. The molecule has 0 aliphatic heterocycles. The van der Waals surface area contributed by atoms with Gasteiger partial charge in [0.25, 0.3) is 0 Å². The molecule has 0 saturated carbocycles. The molecule has 0 spiro atoms. The Labute approximate surface area is 148 Å². The third-order valence-electron chi connectivity index (χ3n) is 3.94. The van der Waals surface area contributed by atoms with Gasteiger partial charge in [-0.15, -0.1) is 0 Å². The third-order valence-corrected chi connectivity index (χ3v) is 3.94. The molecule has 130 valence electrons. The molecule has 1 unspecified atom stereocenters. The second-order valence-corrected chi connectivity index (χ2v) is 6.59. The average molecular weight is 336 g/mol. The average Bonchev–Trinajstić information content (AvgIpc) is 2.56. The number of pyridine rings is 1. The van der Waals surface area contributed by atoms with Gasteiger partial charge in [-0.25, -0.2) is 4.98 Å². The van der Waals surface area contributed by atoms with Crippen LogP contribution in [0, 0.1) is 6.92 Å². The summed E-state index contributed by atoms with van der Waals surface area (Å²) in [6.45, 7) is 8.01. The highest BCUT2D eigenvalue weighted by atomic mass is 16.5. The number of nitrogens with zero attached hydrogens (tertiary/aromatic N) is 1. The number of aromatic nitrogens is 1. The summed E-state index contributed by atoms with van der Waals surface area (Å²) in [6, 6.07) is 15.7. The summed E-state index contributed by atoms with van der Waals surface area (Å²) in [5.41, 5.74) is 8.96. The number of nitrogens with two attached hydrogens (primary N) is 1. The van der Waals surface area contributed by atoms with E-state index in [4.69, 9.17) is 15.2 Å². The van der Waals surface area contributed by atoms with Crippen molar-refractivity contribution in [3.05, 3.63) is 59.7 Å². The highest BCUT2D eigenvalue weighted by molar-refractivity contribution is 5.80. The highest BCUT2D eigenvalue weighted by Crippen LogP contribution is 2.28. The lowest BCUT2D eigenvalue weighted by Crippen LogP contribution is -2.06. The standard InChI is InChI=1S/C21H24N2O2/c1-13(2)24-20-9-7-18(11-14(20)3)25-21-10-6-17-12-16(15(4)22)5-8-19(17)23-21/h5-13,15H,22H2,1-4H3. The Bertz CT molecular complexity index is 888. The molecule has 0 bridgehead atoms. The van der Waals surface area contributed by atoms with E-state index in [-0.39, 0.29) is 12.1 Å². The lowest BCUT2D eigenvalue weighted by molar-refractivity contribution is 0.240. The maximum atomic E-state index is 5.94. The van der Waals surface area contributed by atoms with Gasteiger partial charge in [-0.1, -0.05) is 6.07 Å². The van der Waals surface area contributed by atoms with Gasteiger partial charge in [0.15, 0.2) is 0 Å². The summed E-state index contributed by atoms with van der Waals surface area (Å²) in [5.74, 6) is 2.18. The van der Waals surface area contributed by atoms with Crippen LogP contribution < -0.4 is 15.2 Å². The first-order valence-electron chi connectivity index (χ1n) is 8.54. The van der Waals surface area contributed by atoms with Gasteiger partial charge < -0.3 is 15.2 Å². The second kappa shape index (κ2) is 7.11. The fraction of sp³-hybridized carbons (Fsp3) is 0.286. The first-order valence-corrected chi connectivity index (χ1v) is 8.54. The van der Waals surface area contributed by atoms with E-state index in [1.807, 2.05) is 70.2 Å². The Morgan fingerprint density at radius 1 is 0.960 bits per heavy atom. The van der Waals surface area contributed by atoms with Crippen LogP contribution in [0.5, 0.6) is 17.4 Å². The van der Waals surface area contributed by atoms with Crippen LogP contribution in [0.4, 0.5) is 0 Å². The molecule has 2 aromatic carbocycles. The van der Waals surface area contributed by atoms with Crippen LogP contribution in [0.3, 0.4) is 0 Å². The van der Waals surface area contributed by atoms with E-state index in [9.17, 15) is 0 Å². The van der Waals surface area contributed by atoms with Crippen LogP contribution in [0.1, 0.15) is 37.9 Å². The topological polar surface area (TPSA) is 57.4 Å². The molecule has 25 heavy (non-hydrogen) atoms. The highest BCUT2D eigenvalue weighted by Gasteiger charge is 2.07. The molecule has 2 N–H and O–H groups in total. The zero-order chi connectivity index (χ0) is 18.0. The van der Waals surface area contributed by atoms with Crippen LogP contribution >= 0.6 is 0 Å². The smallest absolute Gasteiger partial charge is 0.219 e. The van der Waals surface area contributed by atoms with Gasteiger partial charge in [-0.3, -0.25) is 0 Å². The third kappa shape index (κ3) is 4.09. The number of ether oxygens (including phenoxy) is 2. The van der Waals surface area contributed by atoms with E-state index in [0.29, 0.717) is 5.88 Å². The van der Waals surface area contributed by atoms with Crippen LogP contribution in [0.15, 0.2) is 48.5 Å². The van der Waals surface area contributed by atoms with Gasteiger partial charge in [-0.05, 0) is 75.2 Å². The number of hydrogen-bond acceptors (Lipinski definition) is 4. The van der Waals surface area contributed by atoms with Crippen LogP contribution in [-0.2, 0) is 0 Å². The van der Waals surface area contributed by atoms with Crippen molar-refractivity contribution in [3.63, 3.8) is 0 Å². The molecule has 0 aliphatic carbocycles. The van der Waals surface area contributed by atoms with E-state index in [2.05, 4.69) is 11.1 Å². The van der Waals surface area contributed by atoms with Crippen molar-refractivity contribution in [2.24, 2.45) is 5.73 Å². The largest absolute Gasteiger partial charge is 0.491 e. The molecule has 0 aliphatic rings. The van der Waals surface area contributed by atoms with E-state index in [0.717, 1.165) is 33.5 Å². The van der Waals surface area contributed by atoms with Crippen molar-refractivity contribution in [2.45, 2.75) is 39.8 Å². The van der Waals surface area contributed by atoms with Crippen molar-refractivity contribution in [2.75, 3.05) is 0 Å². The molecule has 3 aromatic rings. The number of hydrogen-bond donors (Lipinski definition) is 1. The summed E-state index contributed by atoms with van der Waals surface area (Å²) >= 11 is 0. The molecule has 1 heterocycles. The molecule has 0 fully saturated rings. The molecule has 1 atom stereocenters. The Hall–Kier alpha value is -2.59. The van der Waals surface area contributed by atoms with Crippen molar-refractivity contribution < 1.29 is 9.47 Å². The molecule has 0 saturated heterocycles. The predicted molar refractivity (Wildman–Crippen MR) is 101 cm³/mol. The SMILES string of the molecule is Cc1cc(Oc2ccc3cc(C(C)N)ccc3n2)ccc1OC(C)C. The molecule has 4 heteroatoms. The Morgan fingerprint density at radius 3 is 2.44 bits per heavy atom. The summed E-state index contributed by atoms with van der Waals surface area (Å²) in [7, 11) is 0. The van der Waals surface area contributed by atoms with Crippen molar-refractivity contribution >= 4 is 10.9 Å². The Balaban J connectivity index is 1.83. The number of rotatable bonds is 5. The summed E-state index contributed by atoms with van der Waals surface area (Å²) in [4.78, 5) is 4.58. The minimum Gasteiger partial charge on any atom is -0.491 e. The maximum absolute atomic E-state index is 5.94. The molecule has 0 amide bonds. The monoisotopic (exact) mass is 336 g/mol. The molecular weight excluding hydrogens is 312 g/mol. The molecular formula is C21H24N2O2. The lowest BCUT2D eigenvalue weighted by atomic mass is 10.1. The molecule has 4 nitrogen and oxygen atoms in total. The first kappa shape index (κ1) is 17.2. The van der Waals surface area contributed by atoms with Crippen LogP contribution in [0.2, 0.25) is 0 Å². The van der Waals surface area contributed by atoms with E-state index >= 15 is 0 Å². The normalized spacial score (nSPS) is 12.4. The zero-order valence-corrected chi connectivity index (χ0v) is 15.1. The fourth-order valence-corrected chi connectivity index (χ4v) is 2.66. The second-order valence-electron chi connectivity index (χ2n) is 6.59. The fourth-order valence-electron chi connectivity index (χ4n) is 2.66. The number of benzene rings is 2. The van der Waals surface area contributed by atoms with Gasteiger partial charge in [0, 0.05) is 17.5 Å². The van der Waals surface area contributed by atoms with Crippen molar-refractivity contribution in [3.8, 4) is 17.4 Å². The zero-order valence-electron chi connectivity index (χ0n) is 15.1. The number of aryl methyl sites for hydroxylation is 1. The Morgan fingerprint density at radius 2 is 1.76 bits per heavy atom. The van der Waals surface area contributed by atoms with Crippen molar-refractivity contribution in [1.82, 2.24) is 4.98 Å². The summed E-state index contributed by atoms with van der Waals surface area (Å²) < 4.78 is 11.7. The van der Waals surface area contributed by atoms with Gasteiger partial charge in [0.05, 0.1) is 11.6 Å². The summed E-state index contributed by atoms with van der Waals surface area (Å²) in [5, 5.41) is 1.05. The van der Waals surface area contributed by atoms with Gasteiger partial charge >= 0.3 is 0 Å². The van der Waals surface area contributed by atoms with E-state index in [1.165, 1.54) is 0 Å². The number of fused-ring (bicyclic) bond motifs is 1. The van der Waals surface area contributed by atoms with Gasteiger partial charge in [0.2, 0.25) is 5.88 Å². The van der Waals surface area contributed by atoms with E-state index in [1.54, 1.807) is 0 Å². The quantitative estimate of drug-likeness (QED) is 0.700. The first-order chi connectivity index (χ1) is 11.9. The van der Waals surface area contributed by atoms with Crippen LogP contribution in [-0.4, -0.2) is 11.1 Å². The molecule has 3 rings (SSSR count).